The lowest BCUT2D eigenvalue weighted by atomic mass is 9.73. The second-order valence-electron chi connectivity index (χ2n) is 9.63. The fraction of sp³-hybridized carbons (Fsp3) is 0.226. The van der Waals surface area contributed by atoms with Crippen LogP contribution in [0.4, 0.5) is 5.69 Å². The molecule has 2 N–H and O–H groups in total. The van der Waals surface area contributed by atoms with E-state index in [9.17, 15) is 10.1 Å². The number of nitriles is 1. The maximum absolute atomic E-state index is 13.6. The monoisotopic (exact) mass is 631 g/mol. The van der Waals surface area contributed by atoms with Crippen LogP contribution in [0.15, 0.2) is 92.3 Å². The Morgan fingerprint density at radius 2 is 1.76 bits per heavy atom. The van der Waals surface area contributed by atoms with Crippen molar-refractivity contribution in [3.63, 3.8) is 0 Å². The summed E-state index contributed by atoms with van der Waals surface area (Å²) in [6, 6.07) is 22.0. The number of hydrogen-bond acceptors (Lipinski definition) is 5. The van der Waals surface area contributed by atoms with E-state index in [1.54, 1.807) is 0 Å². The van der Waals surface area contributed by atoms with Gasteiger partial charge < -0.3 is 10.5 Å². The van der Waals surface area contributed by atoms with Gasteiger partial charge in [-0.3, -0.25) is 9.69 Å². The number of nitrogens with two attached hydrogens (primary N) is 1. The zero-order chi connectivity index (χ0) is 27.0. The minimum Gasteiger partial charge on any atom is -0.488 e. The average Bonchev–Trinajstić information content (AvgIpc) is 2.90. The Balaban J connectivity index is 1.65. The Kier molecular flexibility index (Phi) is 7.47. The highest BCUT2D eigenvalue weighted by Gasteiger charge is 2.41. The van der Waals surface area contributed by atoms with Gasteiger partial charge in [-0.1, -0.05) is 42.0 Å². The lowest BCUT2D eigenvalue weighted by molar-refractivity contribution is -0.116. The van der Waals surface area contributed by atoms with Crippen LogP contribution in [0.5, 0.6) is 5.75 Å². The van der Waals surface area contributed by atoms with Crippen molar-refractivity contribution in [1.29, 1.82) is 5.26 Å². The number of hydrogen-bond donors (Lipinski definition) is 1. The number of Topliss-reactive ketones (excluding diaryl/α,β-unsaturated/α-hetero) is 1. The Hall–Kier alpha value is -3.34. The minimum atomic E-state index is -0.524. The maximum atomic E-state index is 13.6. The molecule has 1 unspecified atom stereocenters. The van der Waals surface area contributed by atoms with Crippen LogP contribution in [0.2, 0.25) is 0 Å². The normalized spacial score (nSPS) is 17.4. The minimum absolute atomic E-state index is 0.0699. The number of benzene rings is 3. The van der Waals surface area contributed by atoms with Crippen molar-refractivity contribution in [1.82, 2.24) is 0 Å². The first-order valence-electron chi connectivity index (χ1n) is 12.5. The van der Waals surface area contributed by atoms with E-state index >= 15 is 0 Å². The van der Waals surface area contributed by atoms with Crippen LogP contribution in [0.25, 0.3) is 0 Å². The van der Waals surface area contributed by atoms with Gasteiger partial charge in [0.25, 0.3) is 0 Å². The molecule has 0 spiro atoms. The van der Waals surface area contributed by atoms with Crippen molar-refractivity contribution < 1.29 is 9.53 Å². The maximum Gasteiger partial charge on any atom is 0.161 e. The van der Waals surface area contributed by atoms with Gasteiger partial charge >= 0.3 is 0 Å². The van der Waals surface area contributed by atoms with Crippen LogP contribution in [-0.4, -0.2) is 5.78 Å². The predicted octanol–water partition coefficient (Wildman–Crippen LogP) is 7.71. The number of halogens is 2. The van der Waals surface area contributed by atoms with Crippen molar-refractivity contribution in [3.8, 4) is 11.8 Å². The molecule has 38 heavy (non-hydrogen) atoms. The van der Waals surface area contributed by atoms with Gasteiger partial charge in [0.15, 0.2) is 5.78 Å². The lowest BCUT2D eigenvalue weighted by Gasteiger charge is -2.40. The molecule has 3 aromatic carbocycles. The largest absolute Gasteiger partial charge is 0.488 e. The van der Waals surface area contributed by atoms with Crippen molar-refractivity contribution in [3.05, 3.63) is 115 Å². The van der Waals surface area contributed by atoms with Crippen LogP contribution in [0.1, 0.15) is 47.4 Å². The van der Waals surface area contributed by atoms with E-state index in [-0.39, 0.29) is 5.78 Å². The number of ketones is 1. The average molecular weight is 633 g/mol. The predicted molar refractivity (Wildman–Crippen MR) is 156 cm³/mol. The summed E-state index contributed by atoms with van der Waals surface area (Å²) in [7, 11) is 0. The highest BCUT2D eigenvalue weighted by molar-refractivity contribution is 9.11. The first-order valence-corrected chi connectivity index (χ1v) is 14.1. The smallest absolute Gasteiger partial charge is 0.161 e. The van der Waals surface area contributed by atoms with Crippen molar-refractivity contribution in [2.24, 2.45) is 5.73 Å². The lowest BCUT2D eigenvalue weighted by Crippen LogP contribution is -2.39. The molecule has 1 aliphatic heterocycles. The molecular weight excluding hydrogens is 606 g/mol. The number of rotatable bonds is 5. The van der Waals surface area contributed by atoms with Gasteiger partial charge in [0.2, 0.25) is 0 Å². The Morgan fingerprint density at radius 3 is 2.47 bits per heavy atom. The summed E-state index contributed by atoms with van der Waals surface area (Å²) in [5, 5.41) is 10.4. The molecule has 0 fully saturated rings. The van der Waals surface area contributed by atoms with E-state index < -0.39 is 5.92 Å². The standard InChI is InChI=1S/C31H27Br2N3O2/c1-18-14-20(17-38-28-13-6-4-9-24(28)33)19(2)21(15-18)29-22(16-34)31(35)36(25-10-5-3-8-23(25)32)26-11-7-12-27(37)30(26)29/h3-6,8-10,13-15,29H,7,11-12,17,35H2,1-2H3. The number of carbonyl (C=O) groups excluding carboxylic acids is 1. The van der Waals surface area contributed by atoms with Crippen LogP contribution >= 0.6 is 31.9 Å². The molecule has 3 aromatic rings. The first kappa shape index (κ1) is 26.3. The summed E-state index contributed by atoms with van der Waals surface area (Å²) in [5.74, 6) is 0.667. The summed E-state index contributed by atoms with van der Waals surface area (Å²) in [6.07, 6.45) is 1.92. The number of aryl methyl sites for hydroxylation is 1. The van der Waals surface area contributed by atoms with E-state index in [4.69, 9.17) is 10.5 Å². The highest BCUT2D eigenvalue weighted by Crippen LogP contribution is 2.48. The zero-order valence-electron chi connectivity index (χ0n) is 21.2. The molecule has 0 amide bonds. The first-order chi connectivity index (χ1) is 18.3. The van der Waals surface area contributed by atoms with E-state index in [1.165, 1.54) is 0 Å². The van der Waals surface area contributed by atoms with Crippen LogP contribution in [0, 0.1) is 25.2 Å². The quantitative estimate of drug-likeness (QED) is 0.312. The van der Waals surface area contributed by atoms with E-state index in [1.807, 2.05) is 67.3 Å². The molecule has 5 rings (SSSR count). The molecule has 5 nitrogen and oxygen atoms in total. The number of para-hydroxylation sites is 2. The summed E-state index contributed by atoms with van der Waals surface area (Å²) >= 11 is 7.18. The Bertz CT molecular complexity index is 1550. The topological polar surface area (TPSA) is 79.3 Å². The third-order valence-corrected chi connectivity index (χ3v) is 8.56. The molecule has 0 radical (unpaired) electrons. The fourth-order valence-electron chi connectivity index (χ4n) is 5.44. The molecular formula is C31H27Br2N3O2. The van der Waals surface area contributed by atoms with Crippen LogP contribution in [0.3, 0.4) is 0 Å². The number of nitrogens with zero attached hydrogens (tertiary/aromatic N) is 2. The summed E-state index contributed by atoms with van der Waals surface area (Å²) in [5.41, 5.74) is 13.5. The molecule has 1 atom stereocenters. The van der Waals surface area contributed by atoms with E-state index in [0.29, 0.717) is 36.4 Å². The summed E-state index contributed by atoms with van der Waals surface area (Å²) in [6.45, 7) is 4.42. The fourth-order valence-corrected chi connectivity index (χ4v) is 6.30. The van der Waals surface area contributed by atoms with Crippen molar-refractivity contribution in [2.45, 2.75) is 45.6 Å². The van der Waals surface area contributed by atoms with Crippen molar-refractivity contribution in [2.75, 3.05) is 4.90 Å². The number of allylic oxidation sites excluding steroid dienone is 3. The molecule has 0 aromatic heterocycles. The van der Waals surface area contributed by atoms with Crippen molar-refractivity contribution >= 4 is 43.3 Å². The molecule has 0 saturated carbocycles. The number of anilines is 1. The molecule has 2 aliphatic rings. The third-order valence-electron chi connectivity index (χ3n) is 7.24. The SMILES string of the molecule is Cc1cc(COc2ccccc2Br)c(C)c(C2C(C#N)=C(N)N(c3ccccc3Br)C3=C2C(=O)CCC3)c1. The Labute approximate surface area is 239 Å². The highest BCUT2D eigenvalue weighted by atomic mass is 79.9. The molecule has 0 bridgehead atoms. The Morgan fingerprint density at radius 1 is 1.05 bits per heavy atom. The number of ether oxygens (including phenoxy) is 1. The molecule has 1 aliphatic carbocycles. The number of carbonyl (C=O) groups is 1. The van der Waals surface area contributed by atoms with Crippen LogP contribution in [-0.2, 0) is 11.4 Å². The van der Waals surface area contributed by atoms with Gasteiger partial charge in [0.05, 0.1) is 27.7 Å². The van der Waals surface area contributed by atoms with Gasteiger partial charge in [0, 0.05) is 22.2 Å². The van der Waals surface area contributed by atoms with E-state index in [0.717, 1.165) is 54.8 Å². The summed E-state index contributed by atoms with van der Waals surface area (Å²) in [4.78, 5) is 15.5. The van der Waals surface area contributed by atoms with Gasteiger partial charge in [-0.2, -0.15) is 5.26 Å². The third kappa shape index (κ3) is 4.68. The molecule has 192 valence electrons. The zero-order valence-corrected chi connectivity index (χ0v) is 24.4. The molecule has 0 saturated heterocycles. The van der Waals surface area contributed by atoms with E-state index in [2.05, 4.69) is 50.1 Å². The summed E-state index contributed by atoms with van der Waals surface area (Å²) < 4.78 is 7.88. The second kappa shape index (κ2) is 10.8. The van der Waals surface area contributed by atoms with Gasteiger partial charge in [-0.15, -0.1) is 0 Å². The second-order valence-corrected chi connectivity index (χ2v) is 11.3. The molecule has 1 heterocycles. The van der Waals surface area contributed by atoms with Crippen LogP contribution < -0.4 is 15.4 Å². The van der Waals surface area contributed by atoms with Gasteiger partial charge in [0.1, 0.15) is 18.2 Å². The van der Waals surface area contributed by atoms with Gasteiger partial charge in [-0.05, 0) is 99.5 Å². The van der Waals surface area contributed by atoms with Gasteiger partial charge in [-0.25, -0.2) is 0 Å². The molecule has 7 heteroatoms.